The average Bonchev–Trinajstić information content (AvgIpc) is 3.02. The lowest BCUT2D eigenvalue weighted by atomic mass is 10.1. The van der Waals surface area contributed by atoms with Gasteiger partial charge in [-0.1, -0.05) is 36.4 Å². The number of aromatic hydroxyl groups is 1. The van der Waals surface area contributed by atoms with Gasteiger partial charge in [-0.2, -0.15) is 0 Å². The number of phenolic OH excluding ortho intramolecular Hbond substituents is 1. The molecule has 4 aromatic rings. The van der Waals surface area contributed by atoms with Gasteiger partial charge in [0.1, 0.15) is 28.6 Å². The highest BCUT2D eigenvalue weighted by atomic mass is 16.5. The zero-order valence-electron chi connectivity index (χ0n) is 12.9. The van der Waals surface area contributed by atoms with Crippen LogP contribution in [0.5, 0.6) is 17.2 Å². The third-order valence-electron chi connectivity index (χ3n) is 3.81. The molecule has 0 unspecified atom stereocenters. The molecule has 0 bridgehead atoms. The number of para-hydroxylation sites is 2. The number of benzene rings is 3. The first-order chi connectivity index (χ1) is 11.8. The van der Waals surface area contributed by atoms with Gasteiger partial charge in [-0.25, -0.2) is 4.98 Å². The summed E-state index contributed by atoms with van der Waals surface area (Å²) in [5.74, 6) is 2.63. The Morgan fingerprint density at radius 1 is 0.833 bits per heavy atom. The van der Waals surface area contributed by atoms with Crippen molar-refractivity contribution in [3.63, 3.8) is 0 Å². The van der Waals surface area contributed by atoms with E-state index in [1.165, 1.54) is 0 Å². The van der Waals surface area contributed by atoms with Crippen LogP contribution in [0.2, 0.25) is 0 Å². The standard InChI is InChI=1S/C20H16N2O2/c23-18-8-4-7-17-20(18)22-19(21-17)13-14-9-11-16(12-10-14)24-15-5-2-1-3-6-15/h1-12,23H,13H2,(H,21,22). The first-order valence-corrected chi connectivity index (χ1v) is 7.76. The number of nitrogens with zero attached hydrogens (tertiary/aromatic N) is 1. The fourth-order valence-corrected chi connectivity index (χ4v) is 2.65. The monoisotopic (exact) mass is 316 g/mol. The second kappa shape index (κ2) is 6.08. The quantitative estimate of drug-likeness (QED) is 0.576. The summed E-state index contributed by atoms with van der Waals surface area (Å²) in [7, 11) is 0. The van der Waals surface area contributed by atoms with Crippen LogP contribution >= 0.6 is 0 Å². The highest BCUT2D eigenvalue weighted by Crippen LogP contribution is 2.24. The Kier molecular flexibility index (Phi) is 3.63. The van der Waals surface area contributed by atoms with E-state index in [0.717, 1.165) is 28.4 Å². The number of hydrogen-bond acceptors (Lipinski definition) is 3. The Hall–Kier alpha value is -3.27. The van der Waals surface area contributed by atoms with Crippen molar-refractivity contribution >= 4 is 11.0 Å². The van der Waals surface area contributed by atoms with Crippen molar-refractivity contribution in [2.75, 3.05) is 0 Å². The molecule has 0 radical (unpaired) electrons. The van der Waals surface area contributed by atoms with Crippen LogP contribution in [0.25, 0.3) is 11.0 Å². The summed E-state index contributed by atoms with van der Waals surface area (Å²) >= 11 is 0. The van der Waals surface area contributed by atoms with Crippen LogP contribution in [0.4, 0.5) is 0 Å². The number of fused-ring (bicyclic) bond motifs is 1. The predicted octanol–water partition coefficient (Wildman–Crippen LogP) is 4.65. The van der Waals surface area contributed by atoms with Crippen LogP contribution in [0.3, 0.4) is 0 Å². The van der Waals surface area contributed by atoms with Gasteiger partial charge in [0, 0.05) is 6.42 Å². The summed E-state index contributed by atoms with van der Waals surface area (Å²) in [6, 6.07) is 23.0. The Bertz CT molecular complexity index is 960. The number of rotatable bonds is 4. The van der Waals surface area contributed by atoms with E-state index in [0.29, 0.717) is 11.9 Å². The molecule has 2 N–H and O–H groups in total. The van der Waals surface area contributed by atoms with Crippen LogP contribution in [0.15, 0.2) is 72.8 Å². The largest absolute Gasteiger partial charge is 0.506 e. The first kappa shape index (κ1) is 14.3. The van der Waals surface area contributed by atoms with Gasteiger partial charge in [0.05, 0.1) is 5.52 Å². The maximum Gasteiger partial charge on any atom is 0.143 e. The number of phenols is 1. The summed E-state index contributed by atoms with van der Waals surface area (Å²) in [4.78, 5) is 7.70. The number of aromatic amines is 1. The molecule has 0 saturated heterocycles. The minimum Gasteiger partial charge on any atom is -0.506 e. The molecule has 118 valence electrons. The van der Waals surface area contributed by atoms with E-state index in [2.05, 4.69) is 9.97 Å². The van der Waals surface area contributed by atoms with E-state index in [-0.39, 0.29) is 5.75 Å². The van der Waals surface area contributed by atoms with E-state index in [1.807, 2.05) is 60.7 Å². The number of ether oxygens (including phenoxy) is 1. The molecule has 0 aliphatic rings. The maximum atomic E-state index is 9.83. The first-order valence-electron chi connectivity index (χ1n) is 7.76. The highest BCUT2D eigenvalue weighted by molar-refractivity contribution is 5.81. The number of aromatic nitrogens is 2. The molecule has 4 nitrogen and oxygen atoms in total. The van der Waals surface area contributed by atoms with Crippen molar-refractivity contribution < 1.29 is 9.84 Å². The van der Waals surface area contributed by atoms with E-state index in [4.69, 9.17) is 4.74 Å². The Morgan fingerprint density at radius 2 is 1.58 bits per heavy atom. The van der Waals surface area contributed by atoms with E-state index in [9.17, 15) is 5.11 Å². The Balaban J connectivity index is 1.51. The average molecular weight is 316 g/mol. The highest BCUT2D eigenvalue weighted by Gasteiger charge is 2.07. The summed E-state index contributed by atoms with van der Waals surface area (Å²) in [6.07, 6.45) is 0.666. The smallest absolute Gasteiger partial charge is 0.143 e. The molecule has 4 heteroatoms. The number of imidazole rings is 1. The van der Waals surface area contributed by atoms with Gasteiger partial charge in [-0.05, 0) is 42.0 Å². The van der Waals surface area contributed by atoms with Crippen molar-refractivity contribution in [3.05, 3.63) is 84.2 Å². The summed E-state index contributed by atoms with van der Waals surface area (Å²) < 4.78 is 5.79. The van der Waals surface area contributed by atoms with Crippen molar-refractivity contribution in [1.29, 1.82) is 0 Å². The van der Waals surface area contributed by atoms with Crippen molar-refractivity contribution in [1.82, 2.24) is 9.97 Å². The molecule has 0 spiro atoms. The van der Waals surface area contributed by atoms with Crippen LogP contribution < -0.4 is 4.74 Å². The predicted molar refractivity (Wildman–Crippen MR) is 93.5 cm³/mol. The summed E-state index contributed by atoms with van der Waals surface area (Å²) in [6.45, 7) is 0. The van der Waals surface area contributed by atoms with Crippen molar-refractivity contribution in [2.45, 2.75) is 6.42 Å². The molecule has 1 heterocycles. The molecule has 0 aliphatic heterocycles. The van der Waals surface area contributed by atoms with E-state index < -0.39 is 0 Å². The lowest BCUT2D eigenvalue weighted by Gasteiger charge is -2.06. The second-order valence-electron chi connectivity index (χ2n) is 5.59. The molecule has 0 saturated carbocycles. The zero-order chi connectivity index (χ0) is 16.4. The van der Waals surface area contributed by atoms with Gasteiger partial charge < -0.3 is 14.8 Å². The molecular weight excluding hydrogens is 300 g/mol. The van der Waals surface area contributed by atoms with Crippen LogP contribution in [-0.4, -0.2) is 15.1 Å². The lowest BCUT2D eigenvalue weighted by Crippen LogP contribution is -1.91. The SMILES string of the molecule is Oc1cccc2[nH]c(Cc3ccc(Oc4ccccc4)cc3)nc12. The fourth-order valence-electron chi connectivity index (χ4n) is 2.65. The molecule has 4 rings (SSSR count). The molecule has 0 fully saturated rings. The molecule has 0 atom stereocenters. The van der Waals surface area contributed by atoms with Gasteiger partial charge in [0.15, 0.2) is 0 Å². The fraction of sp³-hybridized carbons (Fsp3) is 0.0500. The minimum atomic E-state index is 0.196. The van der Waals surface area contributed by atoms with E-state index in [1.54, 1.807) is 12.1 Å². The van der Waals surface area contributed by atoms with Gasteiger partial charge in [0.25, 0.3) is 0 Å². The van der Waals surface area contributed by atoms with E-state index >= 15 is 0 Å². The van der Waals surface area contributed by atoms with Crippen LogP contribution in [-0.2, 0) is 6.42 Å². The van der Waals surface area contributed by atoms with Crippen molar-refractivity contribution in [3.8, 4) is 17.2 Å². The zero-order valence-corrected chi connectivity index (χ0v) is 12.9. The number of H-pyrrole nitrogens is 1. The molecule has 0 amide bonds. The molecule has 0 aliphatic carbocycles. The normalized spacial score (nSPS) is 10.8. The van der Waals surface area contributed by atoms with Gasteiger partial charge >= 0.3 is 0 Å². The number of nitrogens with one attached hydrogen (secondary N) is 1. The minimum absolute atomic E-state index is 0.196. The van der Waals surface area contributed by atoms with Gasteiger partial charge in [-0.3, -0.25) is 0 Å². The summed E-state index contributed by atoms with van der Waals surface area (Å²) in [5, 5.41) is 9.83. The van der Waals surface area contributed by atoms with Gasteiger partial charge in [-0.15, -0.1) is 0 Å². The summed E-state index contributed by atoms with van der Waals surface area (Å²) in [5.41, 5.74) is 2.57. The maximum absolute atomic E-state index is 9.83. The molecule has 24 heavy (non-hydrogen) atoms. The topological polar surface area (TPSA) is 58.1 Å². The third-order valence-corrected chi connectivity index (χ3v) is 3.81. The van der Waals surface area contributed by atoms with Crippen LogP contribution in [0, 0.1) is 0 Å². The molecule has 3 aromatic carbocycles. The number of hydrogen-bond donors (Lipinski definition) is 2. The molecule has 1 aromatic heterocycles. The lowest BCUT2D eigenvalue weighted by molar-refractivity contribution is 0.480. The second-order valence-corrected chi connectivity index (χ2v) is 5.59. The van der Waals surface area contributed by atoms with Crippen LogP contribution in [0.1, 0.15) is 11.4 Å². The Labute approximate surface area is 139 Å². The van der Waals surface area contributed by atoms with Crippen molar-refractivity contribution in [2.24, 2.45) is 0 Å². The third kappa shape index (κ3) is 2.94. The van der Waals surface area contributed by atoms with Gasteiger partial charge in [0.2, 0.25) is 0 Å². The Morgan fingerprint density at radius 3 is 2.33 bits per heavy atom. The molecular formula is C20H16N2O2.